The number of nitrogens with zero attached hydrogens (tertiary/aromatic N) is 3. The number of carbonyl (C=O) groups excluding carboxylic acids is 1. The molecular formula is C23H40N6O. The van der Waals surface area contributed by atoms with Gasteiger partial charge >= 0.3 is 0 Å². The maximum Gasteiger partial charge on any atom is 0.238 e. The first-order valence-corrected chi connectivity index (χ1v) is 11.3. The third kappa shape index (κ3) is 8.71. The number of rotatable bonds is 10. The number of benzene rings is 1. The van der Waals surface area contributed by atoms with Crippen LogP contribution in [0.4, 0.5) is 5.69 Å². The normalized spacial score (nSPS) is 17.8. The summed E-state index contributed by atoms with van der Waals surface area (Å²) >= 11 is 0. The van der Waals surface area contributed by atoms with Crippen LogP contribution in [-0.2, 0) is 11.3 Å². The number of guanidine groups is 1. The van der Waals surface area contributed by atoms with Crippen molar-refractivity contribution in [1.82, 2.24) is 20.4 Å². The lowest BCUT2D eigenvalue weighted by Gasteiger charge is -2.35. The van der Waals surface area contributed by atoms with Gasteiger partial charge in [-0.1, -0.05) is 25.5 Å². The van der Waals surface area contributed by atoms with E-state index in [2.05, 4.69) is 34.7 Å². The number of piperidine rings is 1. The van der Waals surface area contributed by atoms with E-state index in [1.807, 2.05) is 43.3 Å². The molecule has 168 valence electrons. The van der Waals surface area contributed by atoms with Crippen molar-refractivity contribution in [3.63, 3.8) is 0 Å². The second kappa shape index (κ2) is 13.2. The fraction of sp³-hybridized carbons (Fsp3) is 0.652. The van der Waals surface area contributed by atoms with E-state index in [4.69, 9.17) is 4.99 Å². The third-order valence-corrected chi connectivity index (χ3v) is 5.35. The first kappa shape index (κ1) is 24.2. The molecule has 7 nitrogen and oxygen atoms in total. The topological polar surface area (TPSA) is 72.0 Å². The molecule has 0 radical (unpaired) electrons. The highest BCUT2D eigenvalue weighted by Gasteiger charge is 2.19. The highest BCUT2D eigenvalue weighted by atomic mass is 16.2. The Labute approximate surface area is 182 Å². The molecule has 1 aliphatic rings. The van der Waals surface area contributed by atoms with Crippen LogP contribution < -0.4 is 16.0 Å². The average Bonchev–Trinajstić information content (AvgIpc) is 2.72. The van der Waals surface area contributed by atoms with Crippen LogP contribution in [0.5, 0.6) is 0 Å². The average molecular weight is 417 g/mol. The molecule has 0 aromatic heterocycles. The van der Waals surface area contributed by atoms with E-state index in [1.54, 1.807) is 0 Å². The lowest BCUT2D eigenvalue weighted by atomic mass is 10.0. The van der Waals surface area contributed by atoms with Crippen LogP contribution in [0, 0.1) is 0 Å². The van der Waals surface area contributed by atoms with Crippen molar-refractivity contribution in [3.8, 4) is 0 Å². The summed E-state index contributed by atoms with van der Waals surface area (Å²) in [7, 11) is 3.77. The molecular weight excluding hydrogens is 376 g/mol. The largest absolute Gasteiger partial charge is 0.357 e. The van der Waals surface area contributed by atoms with Gasteiger partial charge in [0.1, 0.15) is 0 Å². The van der Waals surface area contributed by atoms with E-state index in [0.29, 0.717) is 13.1 Å². The summed E-state index contributed by atoms with van der Waals surface area (Å²) in [6, 6.07) is 8.62. The van der Waals surface area contributed by atoms with Crippen LogP contribution in [0.2, 0.25) is 0 Å². The van der Waals surface area contributed by atoms with Gasteiger partial charge in [0.2, 0.25) is 5.91 Å². The van der Waals surface area contributed by atoms with Crippen LogP contribution in [0.1, 0.15) is 45.1 Å². The van der Waals surface area contributed by atoms with Crippen LogP contribution in [0.15, 0.2) is 29.3 Å². The monoisotopic (exact) mass is 416 g/mol. The van der Waals surface area contributed by atoms with E-state index in [1.165, 1.54) is 32.2 Å². The second-order valence-electron chi connectivity index (χ2n) is 8.20. The van der Waals surface area contributed by atoms with Crippen LogP contribution in [0.3, 0.4) is 0 Å². The van der Waals surface area contributed by atoms with E-state index in [-0.39, 0.29) is 5.91 Å². The van der Waals surface area contributed by atoms with Gasteiger partial charge in [0.05, 0.1) is 13.1 Å². The van der Waals surface area contributed by atoms with Crippen LogP contribution in [0.25, 0.3) is 0 Å². The lowest BCUT2D eigenvalue weighted by molar-refractivity contribution is -0.116. The number of likely N-dealkylation sites (tertiary alicyclic amines) is 1. The zero-order chi connectivity index (χ0) is 21.8. The molecule has 3 N–H and O–H groups in total. The Morgan fingerprint density at radius 3 is 2.80 bits per heavy atom. The molecule has 1 saturated heterocycles. The highest BCUT2D eigenvalue weighted by molar-refractivity contribution is 5.92. The summed E-state index contributed by atoms with van der Waals surface area (Å²) in [5.41, 5.74) is 1.88. The van der Waals surface area contributed by atoms with Crippen molar-refractivity contribution in [2.75, 3.05) is 52.1 Å². The van der Waals surface area contributed by atoms with Crippen molar-refractivity contribution in [2.24, 2.45) is 4.99 Å². The summed E-state index contributed by atoms with van der Waals surface area (Å²) < 4.78 is 0. The first-order valence-electron chi connectivity index (χ1n) is 11.3. The third-order valence-electron chi connectivity index (χ3n) is 5.35. The van der Waals surface area contributed by atoms with Gasteiger partial charge in [-0.15, -0.1) is 0 Å². The van der Waals surface area contributed by atoms with Gasteiger partial charge in [-0.3, -0.25) is 9.69 Å². The number of likely N-dealkylation sites (N-methyl/N-ethyl adjacent to an activating group) is 1. The van der Waals surface area contributed by atoms with Gasteiger partial charge < -0.3 is 20.9 Å². The minimum atomic E-state index is -0.0150. The standard InChI is InChI=1S/C23H40N6O/c1-5-21-12-7-8-14-29(21)15-13-25-23(24-6-2)26-17-19-10-9-11-20(16-19)27-22(30)18-28(3)4/h9-11,16,21H,5-8,12-15,17-18H2,1-4H3,(H,27,30)(H2,24,25,26). The predicted octanol–water partition coefficient (Wildman–Crippen LogP) is 2.51. The Hall–Kier alpha value is -2.12. The van der Waals surface area contributed by atoms with Gasteiger partial charge in [0.15, 0.2) is 5.96 Å². The predicted molar refractivity (Wildman–Crippen MR) is 126 cm³/mol. The zero-order valence-electron chi connectivity index (χ0n) is 19.2. The maximum absolute atomic E-state index is 12.0. The molecule has 7 heteroatoms. The van der Waals surface area contributed by atoms with Crippen LogP contribution >= 0.6 is 0 Å². The van der Waals surface area contributed by atoms with Gasteiger partial charge in [-0.25, -0.2) is 4.99 Å². The number of nitrogens with one attached hydrogen (secondary N) is 3. The van der Waals surface area contributed by atoms with Crippen molar-refractivity contribution >= 4 is 17.6 Å². The maximum atomic E-state index is 12.0. The van der Waals surface area contributed by atoms with Gasteiger partial charge in [-0.2, -0.15) is 0 Å². The number of anilines is 1. The number of aliphatic imine (C=N–C) groups is 1. The summed E-state index contributed by atoms with van der Waals surface area (Å²) in [5, 5.41) is 9.74. The minimum Gasteiger partial charge on any atom is -0.357 e. The quantitative estimate of drug-likeness (QED) is 0.404. The Kier molecular flexibility index (Phi) is 10.7. The van der Waals surface area contributed by atoms with Crippen LogP contribution in [-0.4, -0.2) is 74.5 Å². The van der Waals surface area contributed by atoms with Gasteiger partial charge in [-0.05, 0) is 64.5 Å². The van der Waals surface area contributed by atoms with E-state index < -0.39 is 0 Å². The summed E-state index contributed by atoms with van der Waals surface area (Å²) in [6.07, 6.45) is 5.23. The van der Waals surface area contributed by atoms with Gasteiger partial charge in [0.25, 0.3) is 0 Å². The number of amides is 1. The molecule has 0 aliphatic carbocycles. The molecule has 30 heavy (non-hydrogen) atoms. The van der Waals surface area contributed by atoms with E-state index >= 15 is 0 Å². The SMILES string of the molecule is CCNC(=NCc1cccc(NC(=O)CN(C)C)c1)NCCN1CCCCC1CC. The Morgan fingerprint density at radius 2 is 2.07 bits per heavy atom. The molecule has 2 rings (SSSR count). The van der Waals surface area contributed by atoms with Crippen molar-refractivity contribution in [3.05, 3.63) is 29.8 Å². The zero-order valence-corrected chi connectivity index (χ0v) is 19.2. The molecule has 1 unspecified atom stereocenters. The van der Waals surface area contributed by atoms with E-state index in [0.717, 1.165) is 42.9 Å². The van der Waals surface area contributed by atoms with Crippen molar-refractivity contribution in [2.45, 2.75) is 52.1 Å². The molecule has 0 saturated carbocycles. The minimum absolute atomic E-state index is 0.0150. The summed E-state index contributed by atoms with van der Waals surface area (Å²) in [6.45, 7) is 9.28. The molecule has 1 heterocycles. The molecule has 1 aromatic rings. The molecule has 1 aromatic carbocycles. The Balaban J connectivity index is 1.87. The fourth-order valence-corrected chi connectivity index (χ4v) is 3.88. The van der Waals surface area contributed by atoms with Crippen molar-refractivity contribution < 1.29 is 4.79 Å². The first-order chi connectivity index (χ1) is 14.5. The smallest absolute Gasteiger partial charge is 0.238 e. The van der Waals surface area contributed by atoms with Gasteiger partial charge in [0, 0.05) is 31.4 Å². The fourth-order valence-electron chi connectivity index (χ4n) is 3.88. The van der Waals surface area contributed by atoms with E-state index in [9.17, 15) is 4.79 Å². The molecule has 0 spiro atoms. The molecule has 1 atom stereocenters. The second-order valence-corrected chi connectivity index (χ2v) is 8.20. The molecule has 1 aliphatic heterocycles. The lowest BCUT2D eigenvalue weighted by Crippen LogP contribution is -2.45. The molecule has 0 bridgehead atoms. The Morgan fingerprint density at radius 1 is 1.23 bits per heavy atom. The Bertz CT molecular complexity index is 675. The highest BCUT2D eigenvalue weighted by Crippen LogP contribution is 2.18. The number of hydrogen-bond acceptors (Lipinski definition) is 4. The number of carbonyl (C=O) groups is 1. The number of hydrogen-bond donors (Lipinski definition) is 3. The molecule has 1 amide bonds. The summed E-state index contributed by atoms with van der Waals surface area (Å²) in [5.74, 6) is 0.823. The summed E-state index contributed by atoms with van der Waals surface area (Å²) in [4.78, 5) is 21.2. The molecule has 1 fully saturated rings. The van der Waals surface area contributed by atoms with Crippen molar-refractivity contribution in [1.29, 1.82) is 0 Å².